The second-order valence-electron chi connectivity index (χ2n) is 7.34. The summed E-state index contributed by atoms with van der Waals surface area (Å²) in [5.74, 6) is 0.256. The molecular weight excluding hydrogens is 392 g/mol. The number of carbonyl (C=O) groups excluding carboxylic acids is 2. The summed E-state index contributed by atoms with van der Waals surface area (Å²) in [7, 11) is 0. The van der Waals surface area contributed by atoms with Crippen molar-refractivity contribution >= 4 is 46.2 Å². The van der Waals surface area contributed by atoms with Gasteiger partial charge in [-0.05, 0) is 36.0 Å². The lowest BCUT2D eigenvalue weighted by Crippen LogP contribution is -2.36. The molecule has 0 aliphatic carbocycles. The molecule has 1 aromatic rings. The van der Waals surface area contributed by atoms with Crippen molar-refractivity contribution in [1.82, 2.24) is 10.2 Å². The number of benzene rings is 1. The lowest BCUT2D eigenvalue weighted by Gasteiger charge is -2.15. The molecule has 2 amide bonds. The van der Waals surface area contributed by atoms with Gasteiger partial charge in [0.2, 0.25) is 5.91 Å². The summed E-state index contributed by atoms with van der Waals surface area (Å²) in [6.45, 7) is 5.90. The molecule has 1 N–H and O–H groups in total. The van der Waals surface area contributed by atoms with E-state index in [4.69, 9.17) is 17.0 Å². The van der Waals surface area contributed by atoms with Crippen molar-refractivity contribution < 1.29 is 14.3 Å². The lowest BCUT2D eigenvalue weighted by atomic mass is 10.0. The van der Waals surface area contributed by atoms with Crippen LogP contribution in [-0.2, 0) is 14.3 Å². The van der Waals surface area contributed by atoms with Crippen LogP contribution in [0.1, 0.15) is 50.2 Å². The Balaban J connectivity index is 1.53. The molecule has 1 aromatic carbocycles. The number of hydrogen-bond donors (Lipinski definition) is 1. The van der Waals surface area contributed by atoms with E-state index in [1.165, 1.54) is 22.2 Å². The van der Waals surface area contributed by atoms with Gasteiger partial charge in [-0.1, -0.05) is 62.1 Å². The maximum Gasteiger partial charge on any atom is 0.266 e. The van der Waals surface area contributed by atoms with Crippen LogP contribution in [-0.4, -0.2) is 46.8 Å². The average molecular weight is 419 g/mol. The third-order valence-corrected chi connectivity index (χ3v) is 6.27. The number of nitrogens with one attached hydrogen (secondary N) is 1. The molecule has 2 heterocycles. The monoisotopic (exact) mass is 418 g/mol. The van der Waals surface area contributed by atoms with Crippen LogP contribution >= 0.6 is 24.0 Å². The van der Waals surface area contributed by atoms with Crippen LogP contribution in [0.3, 0.4) is 0 Å². The molecule has 5 nitrogen and oxygen atoms in total. The number of carbonyl (C=O) groups is 2. The van der Waals surface area contributed by atoms with Crippen LogP contribution < -0.4 is 5.32 Å². The zero-order valence-electron chi connectivity index (χ0n) is 16.3. The topological polar surface area (TPSA) is 58.6 Å². The number of rotatable bonds is 7. The zero-order valence-corrected chi connectivity index (χ0v) is 17.9. The van der Waals surface area contributed by atoms with Gasteiger partial charge in [0.1, 0.15) is 4.32 Å². The van der Waals surface area contributed by atoms with Crippen LogP contribution in [0.4, 0.5) is 0 Å². The minimum absolute atomic E-state index is 0.0854. The SMILES string of the molecule is CC(C)c1ccc(/C=C2\SC(=S)N(CCC(=O)NCC3CCCO3)C2=O)cc1. The fourth-order valence-corrected chi connectivity index (χ4v) is 4.46. The summed E-state index contributed by atoms with van der Waals surface area (Å²) in [6, 6.07) is 8.19. The quantitative estimate of drug-likeness (QED) is 0.541. The number of thioether (sulfide) groups is 1. The summed E-state index contributed by atoms with van der Waals surface area (Å²) < 4.78 is 6.00. The lowest BCUT2D eigenvalue weighted by molar-refractivity contribution is -0.124. The van der Waals surface area contributed by atoms with Gasteiger partial charge in [0.05, 0.1) is 11.0 Å². The molecule has 7 heteroatoms. The molecular formula is C21H26N2O3S2. The van der Waals surface area contributed by atoms with Gasteiger partial charge in [-0.3, -0.25) is 14.5 Å². The Kier molecular flexibility index (Phi) is 7.26. The highest BCUT2D eigenvalue weighted by molar-refractivity contribution is 8.26. The van der Waals surface area contributed by atoms with Crippen LogP contribution in [0.25, 0.3) is 6.08 Å². The molecule has 0 bridgehead atoms. The summed E-state index contributed by atoms with van der Waals surface area (Å²) in [4.78, 5) is 26.8. The molecule has 2 saturated heterocycles. The molecule has 28 heavy (non-hydrogen) atoms. The number of amides is 2. The number of thiocarbonyl (C=S) groups is 1. The van der Waals surface area contributed by atoms with E-state index >= 15 is 0 Å². The van der Waals surface area contributed by atoms with Gasteiger partial charge in [0, 0.05) is 26.1 Å². The fourth-order valence-electron chi connectivity index (χ4n) is 3.16. The first kappa shape index (κ1) is 21.0. The second-order valence-corrected chi connectivity index (χ2v) is 9.02. The van der Waals surface area contributed by atoms with Gasteiger partial charge in [-0.2, -0.15) is 0 Å². The van der Waals surface area contributed by atoms with Crippen molar-refractivity contribution in [2.24, 2.45) is 0 Å². The first-order valence-electron chi connectivity index (χ1n) is 9.67. The smallest absolute Gasteiger partial charge is 0.266 e. The Hall–Kier alpha value is -1.70. The number of nitrogens with zero attached hydrogens (tertiary/aromatic N) is 1. The van der Waals surface area contributed by atoms with Gasteiger partial charge >= 0.3 is 0 Å². The van der Waals surface area contributed by atoms with Gasteiger partial charge in [-0.25, -0.2) is 0 Å². The fraction of sp³-hybridized carbons (Fsp3) is 0.476. The van der Waals surface area contributed by atoms with E-state index in [9.17, 15) is 9.59 Å². The third-order valence-electron chi connectivity index (χ3n) is 4.89. The van der Waals surface area contributed by atoms with Crippen molar-refractivity contribution in [3.8, 4) is 0 Å². The Bertz CT molecular complexity index is 768. The highest BCUT2D eigenvalue weighted by Gasteiger charge is 2.32. The molecule has 0 saturated carbocycles. The molecule has 0 spiro atoms. The van der Waals surface area contributed by atoms with Crippen LogP contribution in [0, 0.1) is 0 Å². The molecule has 2 aliphatic heterocycles. The Morgan fingerprint density at radius 3 is 2.79 bits per heavy atom. The molecule has 0 radical (unpaired) electrons. The highest BCUT2D eigenvalue weighted by atomic mass is 32.2. The van der Waals surface area contributed by atoms with E-state index in [0.29, 0.717) is 28.2 Å². The second kappa shape index (κ2) is 9.67. The van der Waals surface area contributed by atoms with E-state index in [0.717, 1.165) is 25.0 Å². The first-order chi connectivity index (χ1) is 13.4. The normalized spacial score (nSPS) is 21.2. The van der Waals surface area contributed by atoms with E-state index in [1.54, 1.807) is 0 Å². The van der Waals surface area contributed by atoms with Crippen molar-refractivity contribution in [3.05, 3.63) is 40.3 Å². The Morgan fingerprint density at radius 1 is 1.39 bits per heavy atom. The predicted octanol–water partition coefficient (Wildman–Crippen LogP) is 3.70. The number of ether oxygens (including phenoxy) is 1. The van der Waals surface area contributed by atoms with Crippen molar-refractivity contribution in [2.75, 3.05) is 19.7 Å². The molecule has 0 aromatic heterocycles. The van der Waals surface area contributed by atoms with Crippen molar-refractivity contribution in [3.63, 3.8) is 0 Å². The largest absolute Gasteiger partial charge is 0.376 e. The average Bonchev–Trinajstić information content (AvgIpc) is 3.28. The summed E-state index contributed by atoms with van der Waals surface area (Å²) in [5.41, 5.74) is 2.23. The minimum atomic E-state index is -0.130. The summed E-state index contributed by atoms with van der Waals surface area (Å²) in [6.07, 6.45) is 4.24. The molecule has 150 valence electrons. The summed E-state index contributed by atoms with van der Waals surface area (Å²) in [5, 5.41) is 2.88. The number of hydrogen-bond acceptors (Lipinski definition) is 5. The molecule has 2 fully saturated rings. The minimum Gasteiger partial charge on any atom is -0.376 e. The van der Waals surface area contributed by atoms with E-state index in [2.05, 4.69) is 31.3 Å². The Labute approximate surface area is 175 Å². The molecule has 1 unspecified atom stereocenters. The van der Waals surface area contributed by atoms with Crippen LogP contribution in [0.5, 0.6) is 0 Å². The van der Waals surface area contributed by atoms with Gasteiger partial charge < -0.3 is 10.1 Å². The van der Waals surface area contributed by atoms with Crippen molar-refractivity contribution in [2.45, 2.75) is 45.1 Å². The molecule has 2 aliphatic rings. The van der Waals surface area contributed by atoms with E-state index in [1.807, 2.05) is 18.2 Å². The van der Waals surface area contributed by atoms with Gasteiger partial charge in [-0.15, -0.1) is 0 Å². The molecule has 3 rings (SSSR count). The standard InChI is InChI=1S/C21H26N2O3S2/c1-14(2)16-7-5-15(6-8-16)12-18-20(25)23(21(27)28-18)10-9-19(24)22-13-17-4-3-11-26-17/h5-8,12,14,17H,3-4,9-11,13H2,1-2H3,(H,22,24)/b18-12-. The maximum absolute atomic E-state index is 12.7. The van der Waals surface area contributed by atoms with Gasteiger partial charge in [0.25, 0.3) is 5.91 Å². The van der Waals surface area contributed by atoms with Gasteiger partial charge in [0.15, 0.2) is 0 Å². The Morgan fingerprint density at radius 2 is 2.14 bits per heavy atom. The van der Waals surface area contributed by atoms with E-state index in [-0.39, 0.29) is 24.3 Å². The zero-order chi connectivity index (χ0) is 20.1. The first-order valence-corrected chi connectivity index (χ1v) is 10.9. The maximum atomic E-state index is 12.7. The van der Waals surface area contributed by atoms with Crippen molar-refractivity contribution in [1.29, 1.82) is 0 Å². The van der Waals surface area contributed by atoms with E-state index < -0.39 is 0 Å². The van der Waals surface area contributed by atoms with Crippen LogP contribution in [0.15, 0.2) is 29.2 Å². The highest BCUT2D eigenvalue weighted by Crippen LogP contribution is 2.32. The van der Waals surface area contributed by atoms with Crippen LogP contribution in [0.2, 0.25) is 0 Å². The predicted molar refractivity (Wildman–Crippen MR) is 117 cm³/mol. The molecule has 1 atom stereocenters. The third kappa shape index (κ3) is 5.43. The summed E-state index contributed by atoms with van der Waals surface area (Å²) >= 11 is 6.64.